The van der Waals surface area contributed by atoms with E-state index in [9.17, 15) is 9.18 Å². The number of carbonyl (C=O) groups excluding carboxylic acids is 1. The van der Waals surface area contributed by atoms with E-state index in [1.165, 1.54) is 12.1 Å². The molecule has 0 saturated carbocycles. The molecule has 0 N–H and O–H groups in total. The van der Waals surface area contributed by atoms with Gasteiger partial charge in [0, 0.05) is 12.4 Å². The van der Waals surface area contributed by atoms with Gasteiger partial charge in [-0.2, -0.15) is 5.10 Å². The molecule has 5 heteroatoms. The van der Waals surface area contributed by atoms with Crippen LogP contribution >= 0.6 is 0 Å². The molecule has 0 fully saturated rings. The Morgan fingerprint density at radius 1 is 1.14 bits per heavy atom. The van der Waals surface area contributed by atoms with Crippen molar-refractivity contribution in [2.75, 3.05) is 0 Å². The molecule has 3 rings (SSSR count). The van der Waals surface area contributed by atoms with Gasteiger partial charge in [-0.15, -0.1) is 0 Å². The average Bonchev–Trinajstić information content (AvgIpc) is 2.93. The lowest BCUT2D eigenvalue weighted by Gasteiger charge is -2.01. The number of carbonyl (C=O) groups is 1. The molecule has 0 unspecified atom stereocenters. The topological polar surface area (TPSA) is 47.8 Å². The Morgan fingerprint density at radius 2 is 1.95 bits per heavy atom. The van der Waals surface area contributed by atoms with Gasteiger partial charge in [-0.05, 0) is 29.8 Å². The second-order valence-corrected chi connectivity index (χ2v) is 4.59. The Labute approximate surface area is 120 Å². The van der Waals surface area contributed by atoms with Crippen LogP contribution in [0.2, 0.25) is 0 Å². The fourth-order valence-electron chi connectivity index (χ4n) is 2.08. The molecule has 1 aromatic carbocycles. The van der Waals surface area contributed by atoms with Crippen LogP contribution in [0.4, 0.5) is 4.39 Å². The van der Waals surface area contributed by atoms with E-state index < -0.39 is 0 Å². The number of rotatable bonds is 4. The molecule has 2 heterocycles. The highest BCUT2D eigenvalue weighted by Crippen LogP contribution is 2.18. The molecule has 0 aliphatic carbocycles. The second kappa shape index (κ2) is 5.66. The molecule has 0 bridgehead atoms. The van der Waals surface area contributed by atoms with Gasteiger partial charge < -0.3 is 0 Å². The molecule has 0 aliphatic rings. The van der Waals surface area contributed by atoms with E-state index in [1.54, 1.807) is 41.3 Å². The monoisotopic (exact) mass is 281 g/mol. The zero-order valence-corrected chi connectivity index (χ0v) is 11.1. The van der Waals surface area contributed by atoms with Crippen LogP contribution in [-0.2, 0) is 6.54 Å². The van der Waals surface area contributed by atoms with Crippen LogP contribution in [0, 0.1) is 5.82 Å². The quantitative estimate of drug-likeness (QED) is 0.691. The molecule has 0 aliphatic heterocycles. The van der Waals surface area contributed by atoms with E-state index in [1.807, 2.05) is 6.07 Å². The Balaban J connectivity index is 1.92. The van der Waals surface area contributed by atoms with Gasteiger partial charge in [0.15, 0.2) is 6.29 Å². The third-order valence-electron chi connectivity index (χ3n) is 3.08. The van der Waals surface area contributed by atoms with Crippen molar-refractivity contribution in [3.8, 4) is 11.4 Å². The Bertz CT molecular complexity index is 751. The van der Waals surface area contributed by atoms with Gasteiger partial charge in [-0.3, -0.25) is 14.5 Å². The Morgan fingerprint density at radius 3 is 2.62 bits per heavy atom. The summed E-state index contributed by atoms with van der Waals surface area (Å²) in [5, 5.41) is 4.40. The maximum absolute atomic E-state index is 12.9. The number of aldehydes is 1. The first-order valence-corrected chi connectivity index (χ1v) is 6.45. The lowest BCUT2D eigenvalue weighted by atomic mass is 10.2. The van der Waals surface area contributed by atoms with Gasteiger partial charge in [0.05, 0.1) is 17.8 Å². The minimum absolute atomic E-state index is 0.276. The summed E-state index contributed by atoms with van der Waals surface area (Å²) in [4.78, 5) is 15.4. The number of halogens is 1. The molecule has 0 saturated heterocycles. The zero-order valence-electron chi connectivity index (χ0n) is 11.1. The van der Waals surface area contributed by atoms with Crippen LogP contribution in [0.5, 0.6) is 0 Å². The first-order valence-electron chi connectivity index (χ1n) is 6.45. The smallest absolute Gasteiger partial charge is 0.153 e. The molecule has 0 radical (unpaired) electrons. The van der Waals surface area contributed by atoms with Crippen molar-refractivity contribution in [1.82, 2.24) is 14.8 Å². The van der Waals surface area contributed by atoms with Gasteiger partial charge in [-0.25, -0.2) is 4.39 Å². The first-order chi connectivity index (χ1) is 10.3. The molecule has 104 valence electrons. The number of benzene rings is 1. The highest BCUT2D eigenvalue weighted by Gasteiger charge is 2.11. The molecule has 2 aromatic heterocycles. The van der Waals surface area contributed by atoms with Gasteiger partial charge in [0.2, 0.25) is 0 Å². The predicted molar refractivity (Wildman–Crippen MR) is 76.3 cm³/mol. The summed E-state index contributed by atoms with van der Waals surface area (Å²) in [6.07, 6.45) is 4.08. The van der Waals surface area contributed by atoms with Crippen molar-refractivity contribution in [1.29, 1.82) is 0 Å². The zero-order chi connectivity index (χ0) is 14.7. The van der Waals surface area contributed by atoms with E-state index in [2.05, 4.69) is 10.1 Å². The molecule has 21 heavy (non-hydrogen) atoms. The number of aromatic nitrogens is 3. The summed E-state index contributed by atoms with van der Waals surface area (Å²) < 4.78 is 14.5. The fraction of sp³-hybridized carbons (Fsp3) is 0.0625. The van der Waals surface area contributed by atoms with E-state index >= 15 is 0 Å². The van der Waals surface area contributed by atoms with Crippen molar-refractivity contribution in [2.24, 2.45) is 0 Å². The van der Waals surface area contributed by atoms with Crippen LogP contribution in [-0.4, -0.2) is 21.1 Å². The number of nitrogens with zero attached hydrogens (tertiary/aromatic N) is 3. The Kier molecular flexibility index (Phi) is 3.55. The molecule has 0 amide bonds. The number of pyridine rings is 1. The normalized spacial score (nSPS) is 10.5. The third kappa shape index (κ3) is 2.86. The fourth-order valence-corrected chi connectivity index (χ4v) is 2.08. The number of hydrogen-bond acceptors (Lipinski definition) is 3. The van der Waals surface area contributed by atoms with Crippen LogP contribution < -0.4 is 0 Å². The molecular formula is C16H12FN3O. The van der Waals surface area contributed by atoms with Crippen molar-refractivity contribution in [2.45, 2.75) is 6.54 Å². The summed E-state index contributed by atoms with van der Waals surface area (Å²) in [6.45, 7) is 0.466. The van der Waals surface area contributed by atoms with Gasteiger partial charge in [0.25, 0.3) is 0 Å². The minimum Gasteiger partial charge on any atom is -0.298 e. The van der Waals surface area contributed by atoms with E-state index in [-0.39, 0.29) is 5.82 Å². The second-order valence-electron chi connectivity index (χ2n) is 4.59. The van der Waals surface area contributed by atoms with Gasteiger partial charge >= 0.3 is 0 Å². The van der Waals surface area contributed by atoms with Crippen LogP contribution in [0.15, 0.2) is 54.9 Å². The molecular weight excluding hydrogens is 269 g/mol. The molecule has 0 spiro atoms. The standard InChI is InChI=1S/C16H12FN3O/c17-14-6-4-12(5-7-14)9-20-10-13(11-21)16(19-20)15-3-1-2-8-18-15/h1-8,10-11H,9H2. The lowest BCUT2D eigenvalue weighted by Crippen LogP contribution is -2.00. The third-order valence-corrected chi connectivity index (χ3v) is 3.08. The van der Waals surface area contributed by atoms with Gasteiger partial charge in [-0.1, -0.05) is 18.2 Å². The first kappa shape index (κ1) is 13.2. The largest absolute Gasteiger partial charge is 0.298 e. The summed E-state index contributed by atoms with van der Waals surface area (Å²) in [6, 6.07) is 11.6. The molecule has 3 aromatic rings. The summed E-state index contributed by atoms with van der Waals surface area (Å²) >= 11 is 0. The summed E-state index contributed by atoms with van der Waals surface area (Å²) in [5.74, 6) is -0.276. The maximum Gasteiger partial charge on any atom is 0.153 e. The molecule has 4 nitrogen and oxygen atoms in total. The van der Waals surface area contributed by atoms with E-state index in [0.29, 0.717) is 23.5 Å². The Hall–Kier alpha value is -2.82. The summed E-state index contributed by atoms with van der Waals surface area (Å²) in [7, 11) is 0. The summed E-state index contributed by atoms with van der Waals surface area (Å²) in [5.41, 5.74) is 2.59. The maximum atomic E-state index is 12.9. The highest BCUT2D eigenvalue weighted by atomic mass is 19.1. The van der Waals surface area contributed by atoms with Gasteiger partial charge in [0.1, 0.15) is 11.5 Å². The number of hydrogen-bond donors (Lipinski definition) is 0. The van der Waals surface area contributed by atoms with Crippen LogP contribution in [0.3, 0.4) is 0 Å². The SMILES string of the molecule is O=Cc1cn(Cc2ccc(F)cc2)nc1-c1ccccn1. The minimum atomic E-state index is -0.276. The predicted octanol–water partition coefficient (Wildman–Crippen LogP) is 2.95. The van der Waals surface area contributed by atoms with Crippen molar-refractivity contribution in [3.05, 3.63) is 71.8 Å². The molecule has 0 atom stereocenters. The van der Waals surface area contributed by atoms with Crippen molar-refractivity contribution >= 4 is 6.29 Å². The van der Waals surface area contributed by atoms with Crippen molar-refractivity contribution in [3.63, 3.8) is 0 Å². The average molecular weight is 281 g/mol. The lowest BCUT2D eigenvalue weighted by molar-refractivity contribution is 0.112. The van der Waals surface area contributed by atoms with Crippen LogP contribution in [0.1, 0.15) is 15.9 Å². The van der Waals surface area contributed by atoms with Crippen LogP contribution in [0.25, 0.3) is 11.4 Å². The van der Waals surface area contributed by atoms with E-state index in [0.717, 1.165) is 11.8 Å². The van der Waals surface area contributed by atoms with Crippen molar-refractivity contribution < 1.29 is 9.18 Å². The highest BCUT2D eigenvalue weighted by molar-refractivity contribution is 5.84. The van der Waals surface area contributed by atoms with E-state index in [4.69, 9.17) is 0 Å².